The molecule has 6 heteroatoms. The van der Waals surface area contributed by atoms with E-state index in [4.69, 9.17) is 15.3 Å². The van der Waals surface area contributed by atoms with E-state index in [2.05, 4.69) is 60.0 Å². The molecule has 5 nitrogen and oxygen atoms in total. The highest BCUT2D eigenvalue weighted by molar-refractivity contribution is 7.59. The van der Waals surface area contributed by atoms with Crippen LogP contribution in [0.2, 0.25) is 0 Å². The molecule has 0 radical (unpaired) electrons. The molecule has 0 aliphatic heterocycles. The third-order valence-electron chi connectivity index (χ3n) is 1.88. The number of carboxylic acid groups (broad SMARTS) is 1. The Bertz CT molecular complexity index is 461. The minimum Gasteiger partial charge on any atom is -0.481 e. The van der Waals surface area contributed by atoms with Crippen molar-refractivity contribution in [2.45, 2.75) is 6.92 Å². The molecule has 2 rings (SSSR count). The Labute approximate surface area is 131 Å². The van der Waals surface area contributed by atoms with Gasteiger partial charge in [-0.25, -0.2) is 0 Å². The smallest absolute Gasteiger partial charge is 0.300 e. The lowest BCUT2D eigenvalue weighted by Gasteiger charge is -1.98. The van der Waals surface area contributed by atoms with Crippen LogP contribution in [0.15, 0.2) is 60.7 Å². The molecule has 0 heterocycles. The molecule has 0 aliphatic rings. The van der Waals surface area contributed by atoms with Crippen molar-refractivity contribution in [2.75, 3.05) is 0 Å². The summed E-state index contributed by atoms with van der Waals surface area (Å²) in [6.07, 6.45) is 0. The number of carbonyl (C=O) groups is 1. The van der Waals surface area contributed by atoms with Gasteiger partial charge in [-0.2, -0.15) is 13.5 Å². The molecule has 0 atom stereocenters. The topological polar surface area (TPSA) is 113 Å². The van der Waals surface area contributed by atoms with Gasteiger partial charge in [0, 0.05) is 6.92 Å². The molecule has 21 heavy (non-hydrogen) atoms. The van der Waals surface area contributed by atoms with E-state index in [1.165, 1.54) is 11.1 Å². The summed E-state index contributed by atoms with van der Waals surface area (Å²) in [6.45, 7) is 1.08. The van der Waals surface area contributed by atoms with Gasteiger partial charge in [0.15, 0.2) is 5.96 Å². The van der Waals surface area contributed by atoms with Crippen molar-refractivity contribution in [1.82, 2.24) is 0 Å². The van der Waals surface area contributed by atoms with E-state index >= 15 is 0 Å². The van der Waals surface area contributed by atoms with E-state index in [-0.39, 0.29) is 19.5 Å². The van der Waals surface area contributed by atoms with Gasteiger partial charge < -0.3 is 16.6 Å². The first-order valence-electron chi connectivity index (χ1n) is 5.83. The average molecular weight is 307 g/mol. The van der Waals surface area contributed by atoms with Gasteiger partial charge in [0.1, 0.15) is 0 Å². The average Bonchev–Trinajstić information content (AvgIpc) is 2.39. The second-order valence-corrected chi connectivity index (χ2v) is 3.71. The first-order chi connectivity index (χ1) is 9.43. The molecule has 0 spiro atoms. The monoisotopic (exact) mass is 307 g/mol. The van der Waals surface area contributed by atoms with Crippen molar-refractivity contribution >= 4 is 25.4 Å². The zero-order chi connectivity index (χ0) is 15.4. The lowest BCUT2D eigenvalue weighted by Crippen LogP contribution is -2.20. The van der Waals surface area contributed by atoms with Crippen LogP contribution >= 0.6 is 13.5 Å². The largest absolute Gasteiger partial charge is 0.481 e. The number of nitrogens with two attached hydrogens (primary N) is 2. The van der Waals surface area contributed by atoms with Gasteiger partial charge in [-0.15, -0.1) is 0 Å². The maximum absolute atomic E-state index is 9.00. The van der Waals surface area contributed by atoms with Crippen LogP contribution < -0.4 is 11.5 Å². The molecule has 0 aliphatic carbocycles. The Hall–Kier alpha value is -2.47. The number of carboxylic acids is 1. The summed E-state index contributed by atoms with van der Waals surface area (Å²) in [6, 6.07) is 20.8. The maximum Gasteiger partial charge on any atom is 0.300 e. The Morgan fingerprint density at radius 3 is 1.29 bits per heavy atom. The minimum absolute atomic E-state index is 0. The molecule has 0 amide bonds. The van der Waals surface area contributed by atoms with Crippen molar-refractivity contribution in [1.29, 1.82) is 5.41 Å². The predicted molar refractivity (Wildman–Crippen MR) is 91.7 cm³/mol. The second-order valence-electron chi connectivity index (χ2n) is 3.71. The summed E-state index contributed by atoms with van der Waals surface area (Å²) in [4.78, 5) is 9.00. The zero-order valence-corrected chi connectivity index (χ0v) is 12.8. The molecular formula is C15H21N3O2S. The maximum atomic E-state index is 9.00. The van der Waals surface area contributed by atoms with E-state index in [9.17, 15) is 0 Å². The van der Waals surface area contributed by atoms with Gasteiger partial charge in [0.25, 0.3) is 5.97 Å². The Kier molecular flexibility index (Phi) is 12.5. The third kappa shape index (κ3) is 13.8. The van der Waals surface area contributed by atoms with Crippen LogP contribution in [0.3, 0.4) is 0 Å². The van der Waals surface area contributed by atoms with Gasteiger partial charge >= 0.3 is 0 Å². The number of guanidine groups is 1. The number of aliphatic carboxylic acids is 1. The van der Waals surface area contributed by atoms with E-state index < -0.39 is 5.97 Å². The molecule has 2 aromatic rings. The molecular weight excluding hydrogens is 286 g/mol. The summed E-state index contributed by atoms with van der Waals surface area (Å²) >= 11 is 0. The zero-order valence-electron chi connectivity index (χ0n) is 11.8. The van der Waals surface area contributed by atoms with E-state index in [1.807, 2.05) is 12.1 Å². The summed E-state index contributed by atoms with van der Waals surface area (Å²) < 4.78 is 0. The van der Waals surface area contributed by atoms with Gasteiger partial charge in [0.2, 0.25) is 0 Å². The van der Waals surface area contributed by atoms with Gasteiger partial charge in [-0.3, -0.25) is 10.2 Å². The Morgan fingerprint density at radius 2 is 1.10 bits per heavy atom. The highest BCUT2D eigenvalue weighted by atomic mass is 32.1. The van der Waals surface area contributed by atoms with Gasteiger partial charge in [0.05, 0.1) is 0 Å². The van der Waals surface area contributed by atoms with Crippen molar-refractivity contribution in [3.8, 4) is 11.1 Å². The molecule has 6 N–H and O–H groups in total. The molecule has 2 aromatic carbocycles. The van der Waals surface area contributed by atoms with Crippen LogP contribution in [0.1, 0.15) is 6.92 Å². The van der Waals surface area contributed by atoms with Crippen molar-refractivity contribution in [3.63, 3.8) is 0 Å². The minimum atomic E-state index is -0.833. The van der Waals surface area contributed by atoms with Crippen molar-refractivity contribution < 1.29 is 9.90 Å². The summed E-state index contributed by atoms with van der Waals surface area (Å²) in [7, 11) is 0. The molecule has 114 valence electrons. The summed E-state index contributed by atoms with van der Waals surface area (Å²) in [5.74, 6) is -1.17. The normalized spacial score (nSPS) is 7.86. The summed E-state index contributed by atoms with van der Waals surface area (Å²) in [5.41, 5.74) is 11.5. The molecule has 0 fully saturated rings. The van der Waals surface area contributed by atoms with Crippen molar-refractivity contribution in [2.24, 2.45) is 11.5 Å². The Morgan fingerprint density at radius 1 is 0.905 bits per heavy atom. The number of hydrogen-bond acceptors (Lipinski definition) is 2. The molecule has 0 saturated carbocycles. The predicted octanol–water partition coefficient (Wildman–Crippen LogP) is 2.40. The molecule has 0 unspecified atom stereocenters. The number of nitrogens with one attached hydrogen (secondary N) is 1. The van der Waals surface area contributed by atoms with Crippen LogP contribution in [0.4, 0.5) is 0 Å². The Balaban J connectivity index is 0. The number of benzene rings is 2. The van der Waals surface area contributed by atoms with Crippen molar-refractivity contribution in [3.05, 3.63) is 60.7 Å². The van der Waals surface area contributed by atoms with Crippen LogP contribution in [-0.2, 0) is 4.79 Å². The molecule has 0 saturated heterocycles. The fraction of sp³-hybridized carbons (Fsp3) is 0.0667. The fourth-order valence-electron chi connectivity index (χ4n) is 1.26. The van der Waals surface area contributed by atoms with Gasteiger partial charge in [-0.05, 0) is 11.1 Å². The SMILES string of the molecule is CC(=O)O.N=C(N)N.S.c1ccc(-c2ccccc2)cc1. The number of rotatable bonds is 1. The highest BCUT2D eigenvalue weighted by Gasteiger charge is 1.91. The van der Waals surface area contributed by atoms with Gasteiger partial charge in [-0.1, -0.05) is 60.7 Å². The van der Waals surface area contributed by atoms with E-state index in [0.29, 0.717) is 0 Å². The fourth-order valence-corrected chi connectivity index (χ4v) is 1.26. The molecule has 0 bridgehead atoms. The van der Waals surface area contributed by atoms with Crippen LogP contribution in [0.5, 0.6) is 0 Å². The van der Waals surface area contributed by atoms with Crippen LogP contribution in [-0.4, -0.2) is 17.0 Å². The van der Waals surface area contributed by atoms with Crippen LogP contribution in [0.25, 0.3) is 11.1 Å². The third-order valence-corrected chi connectivity index (χ3v) is 1.88. The molecule has 0 aromatic heterocycles. The lowest BCUT2D eigenvalue weighted by atomic mass is 10.1. The quantitative estimate of drug-likeness (QED) is 0.478. The second kappa shape index (κ2) is 12.6. The highest BCUT2D eigenvalue weighted by Crippen LogP contribution is 2.17. The summed E-state index contributed by atoms with van der Waals surface area (Å²) in [5, 5.41) is 13.5. The first kappa shape index (κ1) is 20.8. The number of hydrogen-bond donors (Lipinski definition) is 4. The first-order valence-corrected chi connectivity index (χ1v) is 5.83. The standard InChI is InChI=1S/C12H10.C2H4O2.CH5N3.H2S/c1-3-7-11(8-4-1)12-9-5-2-6-10-12;1-2(3)4;2-1(3)4;/h1-10H;1H3,(H,3,4);(H5,2,3,4);1H2. The van der Waals surface area contributed by atoms with E-state index in [1.54, 1.807) is 0 Å². The lowest BCUT2D eigenvalue weighted by molar-refractivity contribution is -0.134. The van der Waals surface area contributed by atoms with Crippen LogP contribution in [0, 0.1) is 5.41 Å². The van der Waals surface area contributed by atoms with E-state index in [0.717, 1.165) is 6.92 Å².